The minimum atomic E-state index is -0.0202. The molecule has 0 radical (unpaired) electrons. The summed E-state index contributed by atoms with van der Waals surface area (Å²) in [6, 6.07) is 10.3. The van der Waals surface area contributed by atoms with Gasteiger partial charge in [0.1, 0.15) is 0 Å². The van der Waals surface area contributed by atoms with Gasteiger partial charge >= 0.3 is 0 Å². The molecule has 2 aromatic carbocycles. The fourth-order valence-electron chi connectivity index (χ4n) is 5.95. The molecule has 0 atom stereocenters. The molecule has 0 bridgehead atoms. The molecule has 0 amide bonds. The summed E-state index contributed by atoms with van der Waals surface area (Å²) >= 11 is 18.6. The minimum absolute atomic E-state index is 0.0202. The van der Waals surface area contributed by atoms with Crippen molar-refractivity contribution >= 4 is 50.5 Å². The molecular weight excluding hydrogens is 537 g/mol. The van der Waals surface area contributed by atoms with Gasteiger partial charge in [0.05, 0.1) is 0 Å². The van der Waals surface area contributed by atoms with Crippen molar-refractivity contribution in [3.8, 4) is 0 Å². The van der Waals surface area contributed by atoms with E-state index in [0.29, 0.717) is 0 Å². The Morgan fingerprint density at radius 1 is 0.500 bits per heavy atom. The number of aryl methyl sites for hydroxylation is 4. The standard InChI is InChI=1S/C34H54S4/c1-5-8-11-26-22-30(24-28(13-18-35)32(26)15-20-37)34(4,17-10-7-3)31-23-27(12-9-6-2)33(16-21-38)29(25-31)14-19-36/h22-25,35-38H,5-21H2,1-4H3. The molecule has 0 N–H and O–H groups in total. The summed E-state index contributed by atoms with van der Waals surface area (Å²) < 4.78 is 0. The first-order valence-electron chi connectivity index (χ1n) is 15.2. The second-order valence-corrected chi connectivity index (χ2v) is 12.9. The lowest BCUT2D eigenvalue weighted by Gasteiger charge is -2.34. The highest BCUT2D eigenvalue weighted by molar-refractivity contribution is 7.80. The van der Waals surface area contributed by atoms with Crippen LogP contribution >= 0.6 is 50.5 Å². The Bertz CT molecular complexity index is 894. The van der Waals surface area contributed by atoms with Gasteiger partial charge in [-0.25, -0.2) is 0 Å². The van der Waals surface area contributed by atoms with Gasteiger partial charge in [0, 0.05) is 5.41 Å². The van der Waals surface area contributed by atoms with Crippen LogP contribution in [0.3, 0.4) is 0 Å². The fourth-order valence-corrected chi connectivity index (χ4v) is 6.88. The number of thiol groups is 4. The van der Waals surface area contributed by atoms with Gasteiger partial charge in [0.2, 0.25) is 0 Å². The van der Waals surface area contributed by atoms with Crippen molar-refractivity contribution in [3.63, 3.8) is 0 Å². The van der Waals surface area contributed by atoms with Crippen LogP contribution in [0.4, 0.5) is 0 Å². The van der Waals surface area contributed by atoms with E-state index in [4.69, 9.17) is 0 Å². The smallest absolute Gasteiger partial charge is 0.0175 e. The van der Waals surface area contributed by atoms with Gasteiger partial charge in [0.15, 0.2) is 0 Å². The Kier molecular flexibility index (Phi) is 16.4. The van der Waals surface area contributed by atoms with Gasteiger partial charge in [-0.15, -0.1) is 0 Å². The van der Waals surface area contributed by atoms with E-state index in [-0.39, 0.29) is 5.41 Å². The zero-order chi connectivity index (χ0) is 28.0. The lowest BCUT2D eigenvalue weighted by atomic mass is 9.69. The highest BCUT2D eigenvalue weighted by atomic mass is 32.1. The predicted molar refractivity (Wildman–Crippen MR) is 186 cm³/mol. The van der Waals surface area contributed by atoms with Gasteiger partial charge in [-0.1, -0.05) is 77.6 Å². The Hall–Kier alpha value is -0.160. The SMILES string of the molecule is CCCCc1cc(C(C)(CCCC)c2cc(CCS)c(CCS)c(CCCC)c2)cc(CCS)c1CCS. The lowest BCUT2D eigenvalue weighted by molar-refractivity contribution is 0.491. The van der Waals surface area contributed by atoms with Crippen molar-refractivity contribution < 1.29 is 0 Å². The Morgan fingerprint density at radius 3 is 1.16 bits per heavy atom. The normalized spacial score (nSPS) is 11.9. The van der Waals surface area contributed by atoms with Crippen LogP contribution in [0.2, 0.25) is 0 Å². The molecule has 0 aliphatic carbocycles. The Labute approximate surface area is 257 Å². The molecule has 2 aromatic rings. The summed E-state index contributed by atoms with van der Waals surface area (Å²) in [5, 5.41) is 0. The van der Waals surface area contributed by atoms with Gasteiger partial charge < -0.3 is 0 Å². The molecular formula is C34H54S4. The Morgan fingerprint density at radius 2 is 0.842 bits per heavy atom. The van der Waals surface area contributed by atoms with E-state index in [1.807, 2.05) is 0 Å². The molecule has 0 saturated heterocycles. The van der Waals surface area contributed by atoms with E-state index in [0.717, 1.165) is 61.5 Å². The number of hydrogen-bond acceptors (Lipinski definition) is 4. The van der Waals surface area contributed by atoms with Gasteiger partial charge in [-0.2, -0.15) is 50.5 Å². The molecule has 2 rings (SSSR count). The Balaban J connectivity index is 2.83. The molecule has 0 aliphatic heterocycles. The average Bonchev–Trinajstić information content (AvgIpc) is 2.92. The van der Waals surface area contributed by atoms with Gasteiger partial charge in [-0.3, -0.25) is 0 Å². The molecule has 0 unspecified atom stereocenters. The van der Waals surface area contributed by atoms with Gasteiger partial charge in [-0.05, 0) is 125 Å². The third kappa shape index (κ3) is 9.18. The largest absolute Gasteiger partial charge is 0.179 e. The summed E-state index contributed by atoms with van der Waals surface area (Å²) in [6.07, 6.45) is 15.0. The van der Waals surface area contributed by atoms with Gasteiger partial charge in [0.25, 0.3) is 0 Å². The van der Waals surface area contributed by atoms with Crippen molar-refractivity contribution in [1.29, 1.82) is 0 Å². The maximum absolute atomic E-state index is 4.67. The third-order valence-corrected chi connectivity index (χ3v) is 9.15. The summed E-state index contributed by atoms with van der Waals surface area (Å²) in [4.78, 5) is 0. The summed E-state index contributed by atoms with van der Waals surface area (Å²) in [5.41, 5.74) is 12.1. The third-order valence-electron chi connectivity index (χ3n) is 8.26. The zero-order valence-electron chi connectivity index (χ0n) is 24.6. The van der Waals surface area contributed by atoms with E-state index in [9.17, 15) is 0 Å². The van der Waals surface area contributed by atoms with E-state index in [2.05, 4.69) is 102 Å². The number of rotatable bonds is 19. The van der Waals surface area contributed by atoms with Crippen LogP contribution < -0.4 is 0 Å². The van der Waals surface area contributed by atoms with Crippen molar-refractivity contribution in [2.75, 3.05) is 23.0 Å². The van der Waals surface area contributed by atoms with Crippen LogP contribution in [0.25, 0.3) is 0 Å². The number of hydrogen-bond donors (Lipinski definition) is 4. The van der Waals surface area contributed by atoms with Crippen LogP contribution in [-0.4, -0.2) is 23.0 Å². The second-order valence-electron chi connectivity index (χ2n) is 11.1. The van der Waals surface area contributed by atoms with Crippen molar-refractivity contribution in [2.24, 2.45) is 0 Å². The second kappa shape index (κ2) is 18.3. The summed E-state index contributed by atoms with van der Waals surface area (Å²) in [7, 11) is 0. The quantitative estimate of drug-likeness (QED) is 0.115. The molecule has 0 heterocycles. The van der Waals surface area contributed by atoms with E-state index in [1.165, 1.54) is 78.3 Å². The molecule has 0 nitrogen and oxygen atoms in total. The molecule has 0 fully saturated rings. The van der Waals surface area contributed by atoms with Crippen LogP contribution in [0.15, 0.2) is 24.3 Å². The highest BCUT2D eigenvalue weighted by Crippen LogP contribution is 2.41. The first-order chi connectivity index (χ1) is 18.4. The van der Waals surface area contributed by atoms with Crippen LogP contribution in [0.1, 0.15) is 117 Å². The zero-order valence-corrected chi connectivity index (χ0v) is 28.2. The minimum Gasteiger partial charge on any atom is -0.179 e. The molecule has 0 spiro atoms. The summed E-state index contributed by atoms with van der Waals surface area (Å²) in [5.74, 6) is 3.55. The highest BCUT2D eigenvalue weighted by Gasteiger charge is 2.31. The monoisotopic (exact) mass is 590 g/mol. The molecule has 214 valence electrons. The molecule has 38 heavy (non-hydrogen) atoms. The van der Waals surface area contributed by atoms with Crippen molar-refractivity contribution in [3.05, 3.63) is 68.8 Å². The molecule has 0 saturated carbocycles. The topological polar surface area (TPSA) is 0 Å². The maximum atomic E-state index is 4.67. The van der Waals surface area contributed by atoms with Crippen LogP contribution in [0, 0.1) is 0 Å². The van der Waals surface area contributed by atoms with E-state index >= 15 is 0 Å². The first-order valence-corrected chi connectivity index (χ1v) is 17.7. The van der Waals surface area contributed by atoms with Crippen molar-refractivity contribution in [2.45, 2.75) is 117 Å². The fraction of sp³-hybridized carbons (Fsp3) is 0.647. The molecule has 4 heteroatoms. The van der Waals surface area contributed by atoms with E-state index in [1.54, 1.807) is 11.1 Å². The van der Waals surface area contributed by atoms with Crippen LogP contribution in [-0.2, 0) is 43.9 Å². The summed E-state index contributed by atoms with van der Waals surface area (Å²) in [6.45, 7) is 9.45. The van der Waals surface area contributed by atoms with Crippen molar-refractivity contribution in [1.82, 2.24) is 0 Å². The maximum Gasteiger partial charge on any atom is 0.0175 e. The first kappa shape index (κ1) is 34.0. The van der Waals surface area contributed by atoms with Crippen LogP contribution in [0.5, 0.6) is 0 Å². The predicted octanol–water partition coefficient (Wildman–Crippen LogP) is 9.76. The van der Waals surface area contributed by atoms with E-state index < -0.39 is 0 Å². The number of unbranched alkanes of at least 4 members (excludes halogenated alkanes) is 3. The molecule has 0 aliphatic rings. The average molecular weight is 591 g/mol. The number of benzene rings is 2. The molecule has 0 aromatic heterocycles. The lowest BCUT2D eigenvalue weighted by Crippen LogP contribution is -2.26.